The number of nitrogens with one attached hydrogen (secondary N) is 2. The number of nitrogens with zero attached hydrogens (tertiary/aromatic N) is 1. The minimum Gasteiger partial charge on any atom is -0.353 e. The molecule has 1 heterocycles. The molecular formula is C15H18F3N3O2. The minimum atomic E-state index is -4.39. The monoisotopic (exact) mass is 329 g/mol. The van der Waals surface area contributed by atoms with Crippen molar-refractivity contribution in [3.8, 4) is 0 Å². The molecule has 1 aromatic rings. The molecule has 1 fully saturated rings. The predicted octanol–water partition coefficient (Wildman–Crippen LogP) is 2.04. The van der Waals surface area contributed by atoms with Crippen LogP contribution in [0.3, 0.4) is 0 Å². The summed E-state index contributed by atoms with van der Waals surface area (Å²) in [6.07, 6.45) is -4.39. The molecule has 0 aromatic heterocycles. The van der Waals surface area contributed by atoms with Gasteiger partial charge in [0.05, 0.1) is 5.56 Å². The van der Waals surface area contributed by atoms with Crippen LogP contribution in [0.5, 0.6) is 0 Å². The van der Waals surface area contributed by atoms with E-state index in [-0.39, 0.29) is 12.5 Å². The largest absolute Gasteiger partial charge is 0.416 e. The molecule has 3 amide bonds. The molecule has 0 saturated carbocycles. The second kappa shape index (κ2) is 6.47. The molecule has 0 aliphatic carbocycles. The summed E-state index contributed by atoms with van der Waals surface area (Å²) in [7, 11) is 0. The summed E-state index contributed by atoms with van der Waals surface area (Å²) in [5.41, 5.74) is 0.330. The molecule has 5 nitrogen and oxygen atoms in total. The normalized spacial score (nSPS) is 18.6. The Morgan fingerprint density at radius 3 is 2.74 bits per heavy atom. The molecule has 23 heavy (non-hydrogen) atoms. The highest BCUT2D eigenvalue weighted by Gasteiger charge is 2.31. The topological polar surface area (TPSA) is 61.4 Å². The highest BCUT2D eigenvalue weighted by molar-refractivity contribution is 5.87. The zero-order chi connectivity index (χ0) is 17.2. The maximum atomic E-state index is 12.6. The number of benzene rings is 1. The Balaban J connectivity index is 2.00. The van der Waals surface area contributed by atoms with Crippen LogP contribution in [0.15, 0.2) is 18.2 Å². The lowest BCUT2D eigenvalue weighted by molar-refractivity contribution is -0.137. The van der Waals surface area contributed by atoms with Crippen LogP contribution in [0.4, 0.5) is 18.0 Å². The summed E-state index contributed by atoms with van der Waals surface area (Å²) >= 11 is 0. The van der Waals surface area contributed by atoms with Crippen molar-refractivity contribution in [1.82, 2.24) is 15.5 Å². The summed E-state index contributed by atoms with van der Waals surface area (Å²) in [6.45, 7) is 4.07. The molecule has 1 aliphatic rings. The van der Waals surface area contributed by atoms with E-state index in [2.05, 4.69) is 10.6 Å². The Kier molecular flexibility index (Phi) is 4.82. The maximum Gasteiger partial charge on any atom is 0.416 e. The van der Waals surface area contributed by atoms with Crippen molar-refractivity contribution >= 4 is 11.9 Å². The van der Waals surface area contributed by atoms with Crippen molar-refractivity contribution in [3.05, 3.63) is 34.9 Å². The van der Waals surface area contributed by atoms with E-state index in [1.165, 1.54) is 11.0 Å². The van der Waals surface area contributed by atoms with E-state index in [1.807, 2.05) is 0 Å². The smallest absolute Gasteiger partial charge is 0.353 e. The van der Waals surface area contributed by atoms with Crippen LogP contribution in [0.2, 0.25) is 0 Å². The van der Waals surface area contributed by atoms with E-state index in [9.17, 15) is 22.8 Å². The number of halogens is 3. The third-order valence-electron chi connectivity index (χ3n) is 3.86. The average molecular weight is 329 g/mol. The number of hydrogen-bond acceptors (Lipinski definition) is 2. The van der Waals surface area contributed by atoms with E-state index < -0.39 is 23.8 Å². The van der Waals surface area contributed by atoms with Gasteiger partial charge in [-0.25, -0.2) is 4.79 Å². The van der Waals surface area contributed by atoms with Crippen molar-refractivity contribution in [2.45, 2.75) is 32.6 Å². The van der Waals surface area contributed by atoms with Crippen molar-refractivity contribution in [1.29, 1.82) is 0 Å². The molecule has 2 rings (SSSR count). The summed E-state index contributed by atoms with van der Waals surface area (Å²) in [6, 6.07) is 2.42. The Morgan fingerprint density at radius 1 is 1.43 bits per heavy atom. The number of aryl methyl sites for hydroxylation is 1. The fraction of sp³-hybridized carbons (Fsp3) is 0.467. The van der Waals surface area contributed by atoms with Crippen molar-refractivity contribution < 1.29 is 22.8 Å². The third kappa shape index (κ3) is 3.94. The van der Waals surface area contributed by atoms with E-state index in [0.29, 0.717) is 24.2 Å². The van der Waals surface area contributed by atoms with Gasteiger partial charge in [0.2, 0.25) is 5.91 Å². The third-order valence-corrected chi connectivity index (χ3v) is 3.86. The first-order valence-corrected chi connectivity index (χ1v) is 7.19. The Bertz CT molecular complexity index is 616. The van der Waals surface area contributed by atoms with Crippen molar-refractivity contribution in [2.75, 3.05) is 13.1 Å². The fourth-order valence-electron chi connectivity index (χ4n) is 2.40. The molecular weight excluding hydrogens is 311 g/mol. The minimum absolute atomic E-state index is 0.105. The zero-order valence-electron chi connectivity index (χ0n) is 12.8. The number of urea groups is 1. The first-order chi connectivity index (χ1) is 10.7. The number of carbonyl (C=O) groups is 2. The molecule has 1 aromatic carbocycles. The van der Waals surface area contributed by atoms with Gasteiger partial charge in [-0.3, -0.25) is 4.79 Å². The van der Waals surface area contributed by atoms with E-state index in [1.54, 1.807) is 13.8 Å². The number of carbonyl (C=O) groups excluding carboxylic acids is 2. The highest BCUT2D eigenvalue weighted by Crippen LogP contribution is 2.30. The van der Waals surface area contributed by atoms with Crippen LogP contribution < -0.4 is 10.6 Å². The van der Waals surface area contributed by atoms with Crippen LogP contribution in [0.25, 0.3) is 0 Å². The van der Waals surface area contributed by atoms with Crippen LogP contribution in [0, 0.1) is 6.92 Å². The molecule has 2 N–H and O–H groups in total. The van der Waals surface area contributed by atoms with E-state index in [0.717, 1.165) is 12.1 Å². The van der Waals surface area contributed by atoms with Gasteiger partial charge in [0, 0.05) is 19.6 Å². The van der Waals surface area contributed by atoms with Crippen LogP contribution in [-0.4, -0.2) is 36.0 Å². The number of rotatable bonds is 2. The zero-order valence-corrected chi connectivity index (χ0v) is 12.8. The molecule has 1 atom stereocenters. The fourth-order valence-corrected chi connectivity index (χ4v) is 2.40. The number of alkyl halides is 3. The standard InChI is InChI=1S/C15H18F3N3O2/c1-9-7-12(15(16,17)18)4-3-11(9)8-20-14(23)21-6-5-19-13(22)10(21)2/h3-4,7,10H,5-6,8H2,1-2H3,(H,19,22)(H,20,23). The first-order valence-electron chi connectivity index (χ1n) is 7.19. The van der Waals surface area contributed by atoms with Gasteiger partial charge in [-0.15, -0.1) is 0 Å². The molecule has 0 spiro atoms. The molecule has 1 aliphatic heterocycles. The lowest BCUT2D eigenvalue weighted by Crippen LogP contribution is -2.58. The number of piperazine rings is 1. The summed E-state index contributed by atoms with van der Waals surface area (Å²) in [5.74, 6) is -0.225. The summed E-state index contributed by atoms with van der Waals surface area (Å²) in [4.78, 5) is 25.1. The van der Waals surface area contributed by atoms with Gasteiger partial charge in [-0.2, -0.15) is 13.2 Å². The second-order valence-corrected chi connectivity index (χ2v) is 5.46. The molecule has 0 bridgehead atoms. The lowest BCUT2D eigenvalue weighted by atomic mass is 10.0. The van der Waals surface area contributed by atoms with Gasteiger partial charge in [0.1, 0.15) is 6.04 Å². The van der Waals surface area contributed by atoms with E-state index >= 15 is 0 Å². The Morgan fingerprint density at radius 2 is 2.13 bits per heavy atom. The number of amides is 3. The van der Waals surface area contributed by atoms with Gasteiger partial charge in [0.15, 0.2) is 0 Å². The molecule has 0 radical (unpaired) electrons. The number of hydrogen-bond donors (Lipinski definition) is 2. The quantitative estimate of drug-likeness (QED) is 0.872. The average Bonchev–Trinajstić information content (AvgIpc) is 2.47. The van der Waals surface area contributed by atoms with Crippen LogP contribution >= 0.6 is 0 Å². The second-order valence-electron chi connectivity index (χ2n) is 5.46. The molecule has 8 heteroatoms. The lowest BCUT2D eigenvalue weighted by Gasteiger charge is -2.32. The van der Waals surface area contributed by atoms with Gasteiger partial charge in [-0.05, 0) is 37.1 Å². The molecule has 126 valence electrons. The van der Waals surface area contributed by atoms with Gasteiger partial charge in [-0.1, -0.05) is 6.07 Å². The van der Waals surface area contributed by atoms with Crippen LogP contribution in [0.1, 0.15) is 23.6 Å². The predicted molar refractivity (Wildman–Crippen MR) is 77.6 cm³/mol. The van der Waals surface area contributed by atoms with E-state index in [4.69, 9.17) is 0 Å². The van der Waals surface area contributed by atoms with Crippen molar-refractivity contribution in [2.24, 2.45) is 0 Å². The Labute approximate surface area is 131 Å². The van der Waals surface area contributed by atoms with Gasteiger partial charge < -0.3 is 15.5 Å². The summed E-state index contributed by atoms with van der Waals surface area (Å²) < 4.78 is 37.9. The highest BCUT2D eigenvalue weighted by atomic mass is 19.4. The van der Waals surface area contributed by atoms with Gasteiger partial charge >= 0.3 is 12.2 Å². The SMILES string of the molecule is Cc1cc(C(F)(F)F)ccc1CNC(=O)N1CCNC(=O)C1C. The van der Waals surface area contributed by atoms with Crippen LogP contribution in [-0.2, 0) is 17.5 Å². The first kappa shape index (κ1) is 17.1. The maximum absolute atomic E-state index is 12.6. The Hall–Kier alpha value is -2.25. The van der Waals surface area contributed by atoms with Gasteiger partial charge in [0.25, 0.3) is 0 Å². The van der Waals surface area contributed by atoms with Crippen molar-refractivity contribution in [3.63, 3.8) is 0 Å². The molecule has 1 unspecified atom stereocenters. The summed E-state index contributed by atoms with van der Waals surface area (Å²) in [5, 5.41) is 5.30. The molecule has 1 saturated heterocycles.